The van der Waals surface area contributed by atoms with Crippen molar-refractivity contribution < 1.29 is 0 Å². The first-order chi connectivity index (χ1) is 27.0. The minimum absolute atomic E-state index is 0.295. The molecule has 0 atom stereocenters. The summed E-state index contributed by atoms with van der Waals surface area (Å²) < 4.78 is 0. The molecule has 268 valence electrons. The number of benzene rings is 7. The van der Waals surface area contributed by atoms with Gasteiger partial charge in [-0.2, -0.15) is 0 Å². The summed E-state index contributed by atoms with van der Waals surface area (Å²) in [4.78, 5) is 7.08. The Bertz CT molecular complexity index is 2280. The number of hydrogen-bond donors (Lipinski definition) is 0. The third-order valence-electron chi connectivity index (χ3n) is 10.4. The van der Waals surface area contributed by atoms with Crippen molar-refractivity contribution in [3.63, 3.8) is 0 Å². The summed E-state index contributed by atoms with van der Waals surface area (Å²) in [6, 6.07) is 66.8. The van der Waals surface area contributed by atoms with Gasteiger partial charge in [-0.3, -0.25) is 0 Å². The van der Waals surface area contributed by atoms with Crippen LogP contribution >= 0.6 is 0 Å². The zero-order valence-corrected chi connectivity index (χ0v) is 31.7. The zero-order valence-electron chi connectivity index (χ0n) is 31.7. The largest absolute Gasteiger partial charge is 0.310 e. The van der Waals surface area contributed by atoms with Crippen LogP contribution in [0.15, 0.2) is 218 Å². The zero-order chi connectivity index (χ0) is 37.8. The second-order valence-electron chi connectivity index (χ2n) is 14.3. The van der Waals surface area contributed by atoms with Gasteiger partial charge in [0, 0.05) is 50.9 Å². The molecular weight excluding hydrogens is 667 g/mol. The molecule has 3 heteroatoms. The smallest absolute Gasteiger partial charge is 0.0508 e. The van der Waals surface area contributed by atoms with Gasteiger partial charge in [-0.25, -0.2) is 0 Å². The van der Waals surface area contributed by atoms with Gasteiger partial charge in [-0.1, -0.05) is 136 Å². The molecule has 7 aromatic rings. The fourth-order valence-corrected chi connectivity index (χ4v) is 7.97. The summed E-state index contributed by atoms with van der Waals surface area (Å²) in [5, 5.41) is 0. The maximum atomic E-state index is 4.65. The highest BCUT2D eigenvalue weighted by Gasteiger charge is 2.40. The number of hydrogen-bond acceptors (Lipinski definition) is 3. The van der Waals surface area contributed by atoms with E-state index in [0.717, 1.165) is 56.8 Å². The topological polar surface area (TPSA) is 9.72 Å². The van der Waals surface area contributed by atoms with Gasteiger partial charge in [-0.15, -0.1) is 0 Å². The van der Waals surface area contributed by atoms with Crippen LogP contribution in [0.2, 0.25) is 0 Å². The van der Waals surface area contributed by atoms with E-state index in [0.29, 0.717) is 0 Å². The molecule has 0 radical (unpaired) electrons. The average Bonchev–Trinajstić information content (AvgIpc) is 3.43. The van der Waals surface area contributed by atoms with Gasteiger partial charge in [0.25, 0.3) is 0 Å². The van der Waals surface area contributed by atoms with Crippen LogP contribution in [0.5, 0.6) is 0 Å². The van der Waals surface area contributed by atoms with Crippen LogP contribution in [0.25, 0.3) is 5.57 Å². The molecule has 0 heterocycles. The Labute approximate surface area is 326 Å². The Balaban J connectivity index is 1.36. The molecule has 0 saturated heterocycles. The fourth-order valence-electron chi connectivity index (χ4n) is 7.97. The molecule has 0 saturated carbocycles. The van der Waals surface area contributed by atoms with Crippen LogP contribution in [0.1, 0.15) is 31.9 Å². The number of nitrogens with zero attached hydrogens (tertiary/aromatic N) is 3. The van der Waals surface area contributed by atoms with Crippen LogP contribution in [-0.4, -0.2) is 0 Å². The lowest BCUT2D eigenvalue weighted by molar-refractivity contribution is 0.661. The highest BCUT2D eigenvalue weighted by atomic mass is 15.2. The van der Waals surface area contributed by atoms with Crippen molar-refractivity contribution in [2.24, 2.45) is 0 Å². The van der Waals surface area contributed by atoms with E-state index in [2.05, 4.69) is 248 Å². The average molecular weight is 712 g/mol. The predicted octanol–water partition coefficient (Wildman–Crippen LogP) is 14.9. The molecule has 7 aromatic carbocycles. The van der Waals surface area contributed by atoms with Crippen molar-refractivity contribution in [3.8, 4) is 0 Å². The summed E-state index contributed by atoms with van der Waals surface area (Å²) >= 11 is 0. The summed E-state index contributed by atoms with van der Waals surface area (Å²) in [5.74, 6) is 0. The van der Waals surface area contributed by atoms with Gasteiger partial charge in [0.2, 0.25) is 0 Å². The van der Waals surface area contributed by atoms with Gasteiger partial charge in [0.05, 0.1) is 5.69 Å². The molecule has 0 N–H and O–H groups in total. The van der Waals surface area contributed by atoms with Gasteiger partial charge in [-0.05, 0) is 120 Å². The SMILES string of the molecule is C=C1/C(=C\C=C/C)C(C)(C)c2c1cccc2N(c1cccc(N(c2ccccc2)c2ccccc2)c1)c1cccc(N(c2ccccc2)c2ccccc2)c1. The summed E-state index contributed by atoms with van der Waals surface area (Å²) in [6.07, 6.45) is 6.44. The van der Waals surface area contributed by atoms with Crippen molar-refractivity contribution in [2.75, 3.05) is 14.7 Å². The number of fused-ring (bicyclic) bond motifs is 1. The van der Waals surface area contributed by atoms with Crippen LogP contribution in [-0.2, 0) is 5.41 Å². The maximum Gasteiger partial charge on any atom is 0.0508 e. The van der Waals surface area contributed by atoms with Gasteiger partial charge < -0.3 is 14.7 Å². The van der Waals surface area contributed by atoms with E-state index in [9.17, 15) is 0 Å². The lowest BCUT2D eigenvalue weighted by atomic mass is 9.81. The van der Waals surface area contributed by atoms with Crippen LogP contribution in [0.3, 0.4) is 0 Å². The monoisotopic (exact) mass is 711 g/mol. The van der Waals surface area contributed by atoms with Crippen molar-refractivity contribution in [1.29, 1.82) is 0 Å². The van der Waals surface area contributed by atoms with E-state index in [-0.39, 0.29) is 5.41 Å². The molecule has 0 amide bonds. The van der Waals surface area contributed by atoms with Crippen molar-refractivity contribution in [2.45, 2.75) is 26.2 Å². The molecule has 1 aliphatic rings. The first-order valence-corrected chi connectivity index (χ1v) is 18.9. The predicted molar refractivity (Wildman–Crippen MR) is 235 cm³/mol. The maximum absolute atomic E-state index is 4.65. The molecule has 3 nitrogen and oxygen atoms in total. The van der Waals surface area contributed by atoms with Crippen molar-refractivity contribution >= 4 is 56.8 Å². The molecule has 0 unspecified atom stereocenters. The van der Waals surface area contributed by atoms with Gasteiger partial charge >= 0.3 is 0 Å². The lowest BCUT2D eigenvalue weighted by Crippen LogP contribution is -2.21. The van der Waals surface area contributed by atoms with Crippen molar-refractivity contribution in [3.05, 3.63) is 230 Å². The number of anilines is 9. The van der Waals surface area contributed by atoms with Gasteiger partial charge in [0.1, 0.15) is 0 Å². The first-order valence-electron chi connectivity index (χ1n) is 18.9. The summed E-state index contributed by atoms with van der Waals surface area (Å²) in [7, 11) is 0. The molecular formula is C52H45N3. The molecule has 0 aliphatic heterocycles. The lowest BCUT2D eigenvalue weighted by Gasteiger charge is -2.34. The number of para-hydroxylation sites is 4. The van der Waals surface area contributed by atoms with Gasteiger partial charge in [0.15, 0.2) is 0 Å². The Morgan fingerprint density at radius 2 is 0.800 bits per heavy atom. The minimum Gasteiger partial charge on any atom is -0.310 e. The van der Waals surface area contributed by atoms with E-state index in [1.807, 2.05) is 0 Å². The Morgan fingerprint density at radius 3 is 1.20 bits per heavy atom. The first kappa shape index (κ1) is 35.2. The molecule has 55 heavy (non-hydrogen) atoms. The Hall–Kier alpha value is -6.84. The number of allylic oxidation sites excluding steroid dienone is 5. The second-order valence-corrected chi connectivity index (χ2v) is 14.3. The second kappa shape index (κ2) is 15.3. The summed E-state index contributed by atoms with van der Waals surface area (Å²) in [5.41, 5.74) is 14.2. The standard InChI is InChI=1S/C52H45N3/c1-5-6-35-49-39(2)48-34-21-36-50(51(48)52(49,3)4)55(46-32-19-30-44(37-46)53(40-22-11-7-12-23-40)41-24-13-8-14-25-41)47-33-20-31-45(38-47)54(42-26-15-9-16-27-42)43-28-17-10-18-29-43/h5-38H,2H2,1,3-4H3/b6-5-,49-35+. The van der Waals surface area contributed by atoms with Crippen LogP contribution in [0, 0.1) is 0 Å². The van der Waals surface area contributed by atoms with E-state index >= 15 is 0 Å². The number of rotatable bonds is 10. The molecule has 0 fully saturated rings. The molecule has 0 aromatic heterocycles. The van der Waals surface area contributed by atoms with Crippen LogP contribution in [0.4, 0.5) is 51.2 Å². The molecule has 1 aliphatic carbocycles. The third-order valence-corrected chi connectivity index (χ3v) is 10.4. The van der Waals surface area contributed by atoms with Crippen molar-refractivity contribution in [1.82, 2.24) is 0 Å². The third kappa shape index (κ3) is 6.77. The van der Waals surface area contributed by atoms with E-state index in [1.54, 1.807) is 0 Å². The Morgan fingerprint density at radius 1 is 0.436 bits per heavy atom. The highest BCUT2D eigenvalue weighted by Crippen LogP contribution is 2.55. The quantitative estimate of drug-likeness (QED) is 0.140. The normalized spacial score (nSPS) is 13.9. The minimum atomic E-state index is -0.295. The van der Waals surface area contributed by atoms with E-state index < -0.39 is 0 Å². The summed E-state index contributed by atoms with van der Waals surface area (Å²) in [6.45, 7) is 11.4. The fraction of sp³-hybridized carbons (Fsp3) is 0.0769. The Kier molecular flexibility index (Phi) is 9.76. The molecule has 8 rings (SSSR count). The van der Waals surface area contributed by atoms with Crippen LogP contribution < -0.4 is 14.7 Å². The van der Waals surface area contributed by atoms with E-state index in [4.69, 9.17) is 0 Å². The molecule has 0 bridgehead atoms. The van der Waals surface area contributed by atoms with E-state index in [1.165, 1.54) is 16.7 Å². The molecule has 0 spiro atoms. The highest BCUT2D eigenvalue weighted by molar-refractivity contribution is 5.95.